The second kappa shape index (κ2) is 7.67. The minimum Gasteiger partial charge on any atom is -0.497 e. The smallest absolute Gasteiger partial charge is 0.123 e. The number of methoxy groups -OCH3 is 2. The molecule has 0 amide bonds. The van der Waals surface area contributed by atoms with Gasteiger partial charge in [0.05, 0.1) is 14.2 Å². The van der Waals surface area contributed by atoms with Crippen LogP contribution in [-0.2, 0) is 0 Å². The molecule has 3 aromatic carbocycles. The van der Waals surface area contributed by atoms with Gasteiger partial charge >= 0.3 is 0 Å². The molecule has 0 spiro atoms. The molecule has 3 heteroatoms. The SMILES string of the molecule is COc1ccc(C(=Cc2ccc(F)cc2)c2ccc(OC)cc2)cc1. The van der Waals surface area contributed by atoms with Crippen LogP contribution in [0.1, 0.15) is 16.7 Å². The first kappa shape index (κ1) is 16.8. The summed E-state index contributed by atoms with van der Waals surface area (Å²) in [7, 11) is 3.29. The van der Waals surface area contributed by atoms with Crippen molar-refractivity contribution in [3.8, 4) is 11.5 Å². The molecule has 0 unspecified atom stereocenters. The number of halogens is 1. The molecule has 3 rings (SSSR count). The maximum atomic E-state index is 13.2. The average molecular weight is 334 g/mol. The summed E-state index contributed by atoms with van der Waals surface area (Å²) in [6.45, 7) is 0. The van der Waals surface area contributed by atoms with E-state index in [2.05, 4.69) is 0 Å². The highest BCUT2D eigenvalue weighted by atomic mass is 19.1. The second-order valence-corrected chi connectivity index (χ2v) is 5.57. The van der Waals surface area contributed by atoms with Gasteiger partial charge in [0.15, 0.2) is 0 Å². The van der Waals surface area contributed by atoms with Crippen molar-refractivity contribution in [1.29, 1.82) is 0 Å². The van der Waals surface area contributed by atoms with E-state index in [9.17, 15) is 4.39 Å². The maximum Gasteiger partial charge on any atom is 0.123 e. The fourth-order valence-corrected chi connectivity index (χ4v) is 2.60. The molecule has 0 radical (unpaired) electrons. The van der Waals surface area contributed by atoms with E-state index in [0.29, 0.717) is 0 Å². The van der Waals surface area contributed by atoms with E-state index in [1.807, 2.05) is 54.6 Å². The summed E-state index contributed by atoms with van der Waals surface area (Å²) in [5.41, 5.74) is 4.07. The fraction of sp³-hybridized carbons (Fsp3) is 0.0909. The van der Waals surface area contributed by atoms with Crippen molar-refractivity contribution in [2.75, 3.05) is 14.2 Å². The number of hydrogen-bond acceptors (Lipinski definition) is 2. The number of rotatable bonds is 5. The van der Waals surface area contributed by atoms with E-state index in [-0.39, 0.29) is 5.82 Å². The predicted molar refractivity (Wildman–Crippen MR) is 99.4 cm³/mol. The lowest BCUT2D eigenvalue weighted by Crippen LogP contribution is -1.91. The topological polar surface area (TPSA) is 18.5 Å². The Bertz CT molecular complexity index is 799. The van der Waals surface area contributed by atoms with E-state index < -0.39 is 0 Å². The van der Waals surface area contributed by atoms with Gasteiger partial charge in [0.25, 0.3) is 0 Å². The number of hydrogen-bond donors (Lipinski definition) is 0. The molecule has 0 aromatic heterocycles. The Morgan fingerprint density at radius 1 is 0.680 bits per heavy atom. The van der Waals surface area contributed by atoms with E-state index in [1.54, 1.807) is 26.4 Å². The molecule has 0 saturated carbocycles. The maximum absolute atomic E-state index is 13.2. The molecule has 0 N–H and O–H groups in total. The van der Waals surface area contributed by atoms with Gasteiger partial charge < -0.3 is 9.47 Å². The largest absolute Gasteiger partial charge is 0.497 e. The molecule has 2 nitrogen and oxygen atoms in total. The van der Waals surface area contributed by atoms with Gasteiger partial charge in [-0.15, -0.1) is 0 Å². The zero-order valence-corrected chi connectivity index (χ0v) is 14.2. The van der Waals surface area contributed by atoms with Gasteiger partial charge in [0.2, 0.25) is 0 Å². The first-order chi connectivity index (χ1) is 12.2. The molecule has 126 valence electrons. The van der Waals surface area contributed by atoms with Crippen LogP contribution in [0.4, 0.5) is 4.39 Å². The Morgan fingerprint density at radius 2 is 1.12 bits per heavy atom. The number of ether oxygens (including phenoxy) is 2. The van der Waals surface area contributed by atoms with Crippen molar-refractivity contribution in [3.63, 3.8) is 0 Å². The van der Waals surface area contributed by atoms with Crippen LogP contribution in [-0.4, -0.2) is 14.2 Å². The third-order valence-electron chi connectivity index (χ3n) is 3.98. The predicted octanol–water partition coefficient (Wildman–Crippen LogP) is 5.43. The third-order valence-corrected chi connectivity index (χ3v) is 3.98. The van der Waals surface area contributed by atoms with Crippen LogP contribution in [0.3, 0.4) is 0 Å². The van der Waals surface area contributed by atoms with Gasteiger partial charge in [-0.3, -0.25) is 0 Å². The fourth-order valence-electron chi connectivity index (χ4n) is 2.60. The van der Waals surface area contributed by atoms with E-state index in [1.165, 1.54) is 12.1 Å². The van der Waals surface area contributed by atoms with Crippen LogP contribution in [0.2, 0.25) is 0 Å². The monoisotopic (exact) mass is 334 g/mol. The van der Waals surface area contributed by atoms with Crippen molar-refractivity contribution < 1.29 is 13.9 Å². The summed E-state index contributed by atoms with van der Waals surface area (Å²) in [6.07, 6.45) is 2.04. The molecule has 0 atom stereocenters. The third kappa shape index (κ3) is 4.07. The standard InChI is InChI=1S/C22H19FO2/c1-24-20-11-5-17(6-12-20)22(15-16-3-9-19(23)10-4-16)18-7-13-21(25-2)14-8-18/h3-15H,1-2H3. The zero-order chi connectivity index (χ0) is 17.6. The summed E-state index contributed by atoms with van der Waals surface area (Å²) < 4.78 is 23.7. The normalized spacial score (nSPS) is 10.2. The van der Waals surface area contributed by atoms with Crippen LogP contribution >= 0.6 is 0 Å². The second-order valence-electron chi connectivity index (χ2n) is 5.57. The van der Waals surface area contributed by atoms with E-state index in [4.69, 9.17) is 9.47 Å². The van der Waals surface area contributed by atoms with Crippen LogP contribution in [0.5, 0.6) is 11.5 Å². The molecule has 0 heterocycles. The Kier molecular flexibility index (Phi) is 5.14. The lowest BCUT2D eigenvalue weighted by Gasteiger charge is -2.11. The Hall–Kier alpha value is -3.07. The van der Waals surface area contributed by atoms with Crippen LogP contribution in [0, 0.1) is 5.82 Å². The van der Waals surface area contributed by atoms with Crippen molar-refractivity contribution in [1.82, 2.24) is 0 Å². The summed E-state index contributed by atoms with van der Waals surface area (Å²) in [6, 6.07) is 22.2. The summed E-state index contributed by atoms with van der Waals surface area (Å²) in [5.74, 6) is 1.37. The highest BCUT2D eigenvalue weighted by Gasteiger charge is 2.07. The van der Waals surface area contributed by atoms with Crippen LogP contribution < -0.4 is 9.47 Å². The summed E-state index contributed by atoms with van der Waals surface area (Å²) >= 11 is 0. The molecule has 3 aromatic rings. The molecule has 25 heavy (non-hydrogen) atoms. The molecule has 0 aliphatic rings. The molecular formula is C22H19FO2. The highest BCUT2D eigenvalue weighted by Crippen LogP contribution is 2.29. The average Bonchev–Trinajstić information content (AvgIpc) is 2.68. The molecule has 0 saturated heterocycles. The number of benzene rings is 3. The van der Waals surface area contributed by atoms with Crippen LogP contribution in [0.15, 0.2) is 72.8 Å². The first-order valence-electron chi connectivity index (χ1n) is 7.96. The van der Waals surface area contributed by atoms with E-state index in [0.717, 1.165) is 33.8 Å². The lowest BCUT2D eigenvalue weighted by molar-refractivity contribution is 0.414. The minimum absolute atomic E-state index is 0.243. The van der Waals surface area contributed by atoms with Gasteiger partial charge in [0, 0.05) is 0 Å². The zero-order valence-electron chi connectivity index (χ0n) is 14.2. The van der Waals surface area contributed by atoms with Gasteiger partial charge in [0.1, 0.15) is 17.3 Å². The first-order valence-corrected chi connectivity index (χ1v) is 7.96. The molecule has 0 bridgehead atoms. The molecule has 0 fully saturated rings. The van der Waals surface area contributed by atoms with Crippen LogP contribution in [0.25, 0.3) is 11.6 Å². The van der Waals surface area contributed by atoms with E-state index >= 15 is 0 Å². The Balaban J connectivity index is 2.07. The van der Waals surface area contributed by atoms with Crippen molar-refractivity contribution >= 4 is 11.6 Å². The minimum atomic E-state index is -0.243. The van der Waals surface area contributed by atoms with Crippen molar-refractivity contribution in [2.24, 2.45) is 0 Å². The Labute approximate surface area is 147 Å². The summed E-state index contributed by atoms with van der Waals surface area (Å²) in [5, 5.41) is 0. The van der Waals surface area contributed by atoms with Gasteiger partial charge in [-0.1, -0.05) is 36.4 Å². The van der Waals surface area contributed by atoms with Crippen molar-refractivity contribution in [3.05, 3.63) is 95.3 Å². The summed E-state index contributed by atoms with van der Waals surface area (Å²) in [4.78, 5) is 0. The van der Waals surface area contributed by atoms with Gasteiger partial charge in [-0.05, 0) is 64.7 Å². The van der Waals surface area contributed by atoms with Gasteiger partial charge in [-0.25, -0.2) is 4.39 Å². The van der Waals surface area contributed by atoms with Gasteiger partial charge in [-0.2, -0.15) is 0 Å². The quantitative estimate of drug-likeness (QED) is 0.579. The molecule has 0 aliphatic carbocycles. The highest BCUT2D eigenvalue weighted by molar-refractivity contribution is 5.91. The Morgan fingerprint density at radius 3 is 1.52 bits per heavy atom. The van der Waals surface area contributed by atoms with Crippen molar-refractivity contribution in [2.45, 2.75) is 0 Å². The molecular weight excluding hydrogens is 315 g/mol. The molecule has 0 aliphatic heterocycles. The lowest BCUT2D eigenvalue weighted by atomic mass is 9.95.